The molecule has 1 aliphatic carbocycles. The molecule has 330 valence electrons. The Labute approximate surface area is 406 Å². The highest BCUT2D eigenvalue weighted by molar-refractivity contribution is 7.26. The summed E-state index contributed by atoms with van der Waals surface area (Å²) in [5.41, 5.74) is 14.2. The summed E-state index contributed by atoms with van der Waals surface area (Å²) in [7, 11) is 0. The average molecular weight is 894 g/mol. The molecule has 0 spiro atoms. The van der Waals surface area contributed by atoms with Crippen molar-refractivity contribution in [3.8, 4) is 33.4 Å². The average Bonchev–Trinajstić information content (AvgIpc) is 3.79. The van der Waals surface area contributed by atoms with Crippen molar-refractivity contribution in [2.24, 2.45) is 0 Å². The number of nitrogens with zero attached hydrogens (tertiary/aromatic N) is 1. The molecule has 10 rings (SSSR count). The number of allylic oxidation sites excluding steroid dienone is 10. The van der Waals surface area contributed by atoms with Gasteiger partial charge in [-0.25, -0.2) is 0 Å². The molecular weight excluding hydrogens is 839 g/mol. The summed E-state index contributed by atoms with van der Waals surface area (Å²) in [6.45, 7) is 11.8. The van der Waals surface area contributed by atoms with E-state index in [1.54, 1.807) is 0 Å². The van der Waals surface area contributed by atoms with Crippen molar-refractivity contribution in [2.75, 3.05) is 6.54 Å². The van der Waals surface area contributed by atoms with E-state index < -0.39 is 0 Å². The van der Waals surface area contributed by atoms with Crippen molar-refractivity contribution in [1.82, 2.24) is 4.90 Å². The molecule has 1 heterocycles. The van der Waals surface area contributed by atoms with E-state index in [-0.39, 0.29) is 11.5 Å². The van der Waals surface area contributed by atoms with Gasteiger partial charge in [-0.05, 0) is 105 Å². The van der Waals surface area contributed by atoms with Gasteiger partial charge >= 0.3 is 0 Å². The summed E-state index contributed by atoms with van der Waals surface area (Å²) in [6.07, 6.45) is 22.6. The first-order chi connectivity index (χ1) is 33.4. The van der Waals surface area contributed by atoms with E-state index in [2.05, 4.69) is 275 Å². The van der Waals surface area contributed by atoms with Crippen LogP contribution >= 0.6 is 11.3 Å². The summed E-state index contributed by atoms with van der Waals surface area (Å²) in [5.74, 6) is 0.135. The second-order valence-corrected chi connectivity index (χ2v) is 18.8. The summed E-state index contributed by atoms with van der Waals surface area (Å²) >= 11 is 1.88. The van der Waals surface area contributed by atoms with Crippen molar-refractivity contribution in [3.05, 3.63) is 278 Å². The number of benzene rings is 8. The van der Waals surface area contributed by atoms with E-state index in [0.717, 1.165) is 5.57 Å². The maximum atomic E-state index is 4.37. The fraction of sp³-hybridized carbons (Fsp3) is 0.0909. The Bertz CT molecular complexity index is 3460. The van der Waals surface area contributed by atoms with Crippen LogP contribution in [0.2, 0.25) is 0 Å². The Balaban J connectivity index is 1.02. The lowest BCUT2D eigenvalue weighted by molar-refractivity contribution is 0.195. The zero-order valence-electron chi connectivity index (χ0n) is 39.0. The van der Waals surface area contributed by atoms with Crippen molar-refractivity contribution in [3.63, 3.8) is 0 Å². The molecule has 1 aliphatic rings. The van der Waals surface area contributed by atoms with Crippen molar-refractivity contribution >= 4 is 53.4 Å². The van der Waals surface area contributed by atoms with Crippen molar-refractivity contribution < 1.29 is 0 Å². The molecular formula is C66H55NS. The molecule has 0 aliphatic heterocycles. The van der Waals surface area contributed by atoms with Crippen LogP contribution in [0.1, 0.15) is 43.4 Å². The van der Waals surface area contributed by atoms with Gasteiger partial charge in [0, 0.05) is 38.3 Å². The predicted molar refractivity (Wildman–Crippen MR) is 297 cm³/mol. The quantitative estimate of drug-likeness (QED) is 0.104. The first kappa shape index (κ1) is 44.1. The Morgan fingerprint density at radius 2 is 1.24 bits per heavy atom. The molecule has 1 nitrogen and oxygen atoms in total. The number of rotatable bonds is 13. The zero-order valence-corrected chi connectivity index (χ0v) is 39.8. The van der Waals surface area contributed by atoms with Crippen molar-refractivity contribution in [1.29, 1.82) is 0 Å². The standard InChI is InChI=1S/C66H55NS/c1-5-48(54-42-43-59(62(46-54)52-26-12-8-13-27-52)58-36-20-31-50-28-16-17-33-55(50)58)32-23-45-67(66(4)44-19-18-39-63(66)53-29-14-9-15-30-53)47(3)40-41-49(6-2)56-34-21-37-60-61-38-22-35-57(65(61)68-64(56)60)51-24-10-7-11-25-51/h5-44,46,63H,2,45H2,1,3-4H3/b32-23-,47-40+,48-5+,49-41+. The molecule has 0 radical (unpaired) electrons. The van der Waals surface area contributed by atoms with Crippen LogP contribution in [0.15, 0.2) is 261 Å². The molecule has 0 N–H and O–H groups in total. The molecule has 0 saturated carbocycles. The second kappa shape index (κ2) is 19.6. The Kier molecular flexibility index (Phi) is 12.7. The normalized spacial score (nSPS) is 16.6. The van der Waals surface area contributed by atoms with Crippen LogP contribution in [0, 0.1) is 0 Å². The molecule has 8 aromatic carbocycles. The fourth-order valence-corrected chi connectivity index (χ4v) is 11.6. The predicted octanol–water partition coefficient (Wildman–Crippen LogP) is 18.3. The Morgan fingerprint density at radius 3 is 1.99 bits per heavy atom. The van der Waals surface area contributed by atoms with E-state index in [1.807, 2.05) is 17.4 Å². The van der Waals surface area contributed by atoms with Crippen LogP contribution in [-0.2, 0) is 0 Å². The van der Waals surface area contributed by atoms with Gasteiger partial charge < -0.3 is 4.90 Å². The van der Waals surface area contributed by atoms with Crippen LogP contribution in [0.3, 0.4) is 0 Å². The molecule has 0 amide bonds. The second-order valence-electron chi connectivity index (χ2n) is 17.7. The lowest BCUT2D eigenvalue weighted by atomic mass is 9.76. The topological polar surface area (TPSA) is 3.24 Å². The number of fused-ring (bicyclic) bond motifs is 4. The summed E-state index contributed by atoms with van der Waals surface area (Å²) in [5, 5.41) is 5.06. The highest BCUT2D eigenvalue weighted by Gasteiger charge is 2.38. The maximum Gasteiger partial charge on any atom is 0.0663 e. The van der Waals surface area contributed by atoms with Gasteiger partial charge in [-0.15, -0.1) is 11.3 Å². The third kappa shape index (κ3) is 8.56. The third-order valence-corrected chi connectivity index (χ3v) is 15.0. The van der Waals surface area contributed by atoms with E-state index >= 15 is 0 Å². The third-order valence-electron chi connectivity index (χ3n) is 13.7. The van der Waals surface area contributed by atoms with Crippen LogP contribution < -0.4 is 0 Å². The Hall–Kier alpha value is -7.78. The van der Waals surface area contributed by atoms with Crippen LogP contribution in [-0.4, -0.2) is 17.0 Å². The molecule has 0 saturated heterocycles. The Morgan fingerprint density at radius 1 is 0.603 bits per heavy atom. The van der Waals surface area contributed by atoms with Gasteiger partial charge in [0.2, 0.25) is 0 Å². The van der Waals surface area contributed by atoms with Gasteiger partial charge in [-0.2, -0.15) is 0 Å². The van der Waals surface area contributed by atoms with Crippen LogP contribution in [0.4, 0.5) is 0 Å². The van der Waals surface area contributed by atoms with Gasteiger partial charge in [-0.1, -0.05) is 243 Å². The summed E-state index contributed by atoms with van der Waals surface area (Å²) in [4.78, 5) is 2.57. The highest BCUT2D eigenvalue weighted by Crippen LogP contribution is 2.44. The summed E-state index contributed by atoms with van der Waals surface area (Å²) < 4.78 is 2.59. The monoisotopic (exact) mass is 893 g/mol. The molecule has 2 unspecified atom stereocenters. The number of hydrogen-bond acceptors (Lipinski definition) is 2. The molecule has 0 bridgehead atoms. The molecule has 1 aromatic heterocycles. The van der Waals surface area contributed by atoms with Gasteiger partial charge in [0.05, 0.1) is 5.54 Å². The van der Waals surface area contributed by atoms with Gasteiger partial charge in [0.25, 0.3) is 0 Å². The molecule has 68 heavy (non-hydrogen) atoms. The molecule has 0 fully saturated rings. The van der Waals surface area contributed by atoms with E-state index in [9.17, 15) is 0 Å². The smallest absolute Gasteiger partial charge is 0.0663 e. The highest BCUT2D eigenvalue weighted by atomic mass is 32.1. The first-order valence-electron chi connectivity index (χ1n) is 23.7. The lowest BCUT2D eigenvalue weighted by Crippen LogP contribution is -2.48. The van der Waals surface area contributed by atoms with E-state index in [1.165, 1.54) is 92.3 Å². The van der Waals surface area contributed by atoms with Crippen LogP contribution in [0.25, 0.3) is 75.5 Å². The SMILES string of the molecule is C=C/C(=C\C=C(/C)N(C/C=C\C(=C/C)c1ccc(-c2cccc3ccccc23)c(-c2ccccc2)c1)C1(C)C=CC=CC1c1ccccc1)c1cccc2c1sc1c(-c3ccccc3)cccc12. The molecule has 2 heteroatoms. The lowest BCUT2D eigenvalue weighted by Gasteiger charge is -2.47. The van der Waals surface area contributed by atoms with Crippen LogP contribution in [0.5, 0.6) is 0 Å². The largest absolute Gasteiger partial charge is 0.362 e. The van der Waals surface area contributed by atoms with Gasteiger partial charge in [-0.3, -0.25) is 0 Å². The fourth-order valence-electron chi connectivity index (χ4n) is 10.2. The molecule has 2 atom stereocenters. The first-order valence-corrected chi connectivity index (χ1v) is 24.5. The zero-order chi connectivity index (χ0) is 46.5. The minimum Gasteiger partial charge on any atom is -0.362 e. The van der Waals surface area contributed by atoms with Gasteiger partial charge in [0.1, 0.15) is 0 Å². The number of thiophene rings is 1. The van der Waals surface area contributed by atoms with E-state index in [0.29, 0.717) is 6.54 Å². The minimum atomic E-state index is -0.362. The summed E-state index contributed by atoms with van der Waals surface area (Å²) in [6, 6.07) is 68.1. The molecule has 9 aromatic rings. The van der Waals surface area contributed by atoms with E-state index in [4.69, 9.17) is 0 Å². The number of hydrogen-bond donors (Lipinski definition) is 0. The van der Waals surface area contributed by atoms with Crippen molar-refractivity contribution in [2.45, 2.75) is 32.2 Å². The maximum absolute atomic E-state index is 4.37. The minimum absolute atomic E-state index is 0.135. The van der Waals surface area contributed by atoms with Gasteiger partial charge in [0.15, 0.2) is 0 Å².